The third kappa shape index (κ3) is 2.63. The molecule has 4 saturated carbocycles. The van der Waals surface area contributed by atoms with Gasteiger partial charge >= 0.3 is 23.1 Å². The van der Waals surface area contributed by atoms with E-state index in [1.54, 1.807) is 7.11 Å². The molecule has 1 aromatic rings. The number of methoxy groups -OCH3 is 1. The average Bonchev–Trinajstić information content (AvgIpc) is 2.46. The third-order valence-corrected chi connectivity index (χ3v) is 5.88. The van der Waals surface area contributed by atoms with Crippen molar-refractivity contribution in [2.45, 2.75) is 32.1 Å². The molecule has 0 saturated heterocycles. The number of hydrogen-bond acceptors (Lipinski definition) is 2. The van der Waals surface area contributed by atoms with E-state index in [4.69, 9.17) is 4.74 Å². The van der Waals surface area contributed by atoms with Crippen molar-refractivity contribution >= 4 is 28.8 Å². The van der Waals surface area contributed by atoms with E-state index in [9.17, 15) is 4.79 Å². The predicted octanol–water partition coefficient (Wildman–Crippen LogP) is 3.79. The summed E-state index contributed by atoms with van der Waals surface area (Å²) in [6.45, 7) is 0. The van der Waals surface area contributed by atoms with Crippen molar-refractivity contribution in [2.24, 2.45) is 29.6 Å². The van der Waals surface area contributed by atoms with Crippen molar-refractivity contribution in [2.75, 3.05) is 7.11 Å². The molecular formula is C18H24MgO2. The Labute approximate surface area is 145 Å². The fourth-order valence-electron chi connectivity index (χ4n) is 5.32. The van der Waals surface area contributed by atoms with Gasteiger partial charge in [-0.05, 0) is 67.9 Å². The van der Waals surface area contributed by atoms with Gasteiger partial charge in [0.15, 0.2) is 5.78 Å². The van der Waals surface area contributed by atoms with Crippen LogP contribution in [0.25, 0.3) is 0 Å². The number of hydrogen-bond donors (Lipinski definition) is 0. The molecule has 2 nitrogen and oxygen atoms in total. The van der Waals surface area contributed by atoms with Crippen LogP contribution < -0.4 is 4.74 Å². The number of ketones is 1. The van der Waals surface area contributed by atoms with Crippen molar-refractivity contribution in [3.05, 3.63) is 29.8 Å². The van der Waals surface area contributed by atoms with E-state index in [1.807, 2.05) is 24.3 Å². The van der Waals surface area contributed by atoms with Gasteiger partial charge in [0.25, 0.3) is 0 Å². The van der Waals surface area contributed by atoms with Crippen LogP contribution in [0.4, 0.5) is 0 Å². The molecule has 3 heteroatoms. The summed E-state index contributed by atoms with van der Waals surface area (Å²) in [5, 5.41) is 0. The molecule has 0 unspecified atom stereocenters. The molecular weight excluding hydrogens is 273 g/mol. The van der Waals surface area contributed by atoms with Crippen LogP contribution in [0.5, 0.6) is 5.75 Å². The Balaban J connectivity index is 0.000000882. The maximum absolute atomic E-state index is 12.9. The molecule has 110 valence electrons. The van der Waals surface area contributed by atoms with Crippen LogP contribution in [-0.2, 0) is 0 Å². The van der Waals surface area contributed by atoms with Crippen LogP contribution in [0.3, 0.4) is 0 Å². The van der Waals surface area contributed by atoms with E-state index >= 15 is 0 Å². The van der Waals surface area contributed by atoms with Crippen molar-refractivity contribution in [3.63, 3.8) is 0 Å². The first-order valence-corrected chi connectivity index (χ1v) is 7.93. The number of carbonyl (C=O) groups is 1. The molecule has 4 aliphatic rings. The first kappa shape index (κ1) is 15.4. The summed E-state index contributed by atoms with van der Waals surface area (Å²) < 4.78 is 5.26. The summed E-state index contributed by atoms with van der Waals surface area (Å²) in [6.07, 6.45) is 6.63. The number of rotatable bonds is 3. The van der Waals surface area contributed by atoms with Crippen LogP contribution in [-0.4, -0.2) is 35.9 Å². The molecule has 0 radical (unpaired) electrons. The van der Waals surface area contributed by atoms with Gasteiger partial charge < -0.3 is 7.59 Å². The van der Waals surface area contributed by atoms with Gasteiger partial charge in [0, 0.05) is 11.5 Å². The van der Waals surface area contributed by atoms with Crippen molar-refractivity contribution < 1.29 is 12.4 Å². The second-order valence-corrected chi connectivity index (χ2v) is 7.05. The fraction of sp³-hybridized carbons (Fsp3) is 0.611. The minimum Gasteiger partial charge on any atom is -1.00 e. The average molecular weight is 297 g/mol. The van der Waals surface area contributed by atoms with Gasteiger partial charge in [-0.3, -0.25) is 4.79 Å². The molecule has 0 amide bonds. The third-order valence-electron chi connectivity index (χ3n) is 5.88. The van der Waals surface area contributed by atoms with E-state index < -0.39 is 0 Å². The SMILES string of the molecule is COc1cccc(C(=O)C2C3CC4CC(C3)CC2C4)c1.[H-].[H-].[Mg+2]. The van der Waals surface area contributed by atoms with Gasteiger partial charge in [-0.15, -0.1) is 0 Å². The van der Waals surface area contributed by atoms with Crippen molar-refractivity contribution in [3.8, 4) is 5.75 Å². The summed E-state index contributed by atoms with van der Waals surface area (Å²) >= 11 is 0. The number of benzene rings is 1. The maximum Gasteiger partial charge on any atom is 2.00 e. The summed E-state index contributed by atoms with van der Waals surface area (Å²) in [5.41, 5.74) is 0.849. The minimum atomic E-state index is 0. The topological polar surface area (TPSA) is 26.3 Å². The first-order valence-electron chi connectivity index (χ1n) is 7.93. The molecule has 0 spiro atoms. The zero-order valence-electron chi connectivity index (χ0n) is 14.8. The second-order valence-electron chi connectivity index (χ2n) is 7.05. The first-order chi connectivity index (χ1) is 9.74. The molecule has 1 aromatic carbocycles. The Morgan fingerprint density at radius 1 is 1.10 bits per heavy atom. The molecule has 0 aliphatic heterocycles. The summed E-state index contributed by atoms with van der Waals surface area (Å²) in [6, 6.07) is 7.71. The van der Waals surface area contributed by atoms with Crippen molar-refractivity contribution in [1.82, 2.24) is 0 Å². The van der Waals surface area contributed by atoms with E-state index in [1.165, 1.54) is 32.1 Å². The predicted molar refractivity (Wildman–Crippen MR) is 85.8 cm³/mol. The molecule has 4 aliphatic carbocycles. The molecule has 0 N–H and O–H groups in total. The molecule has 4 fully saturated rings. The normalized spacial score (nSPS) is 36.1. The van der Waals surface area contributed by atoms with E-state index in [2.05, 4.69) is 0 Å². The Bertz CT molecular complexity index is 522. The van der Waals surface area contributed by atoms with Crippen LogP contribution in [0.15, 0.2) is 24.3 Å². The van der Waals surface area contributed by atoms with E-state index in [0.29, 0.717) is 17.6 Å². The standard InChI is InChI=1S/C18H22O2.Mg.2H/c1-20-16-4-2-3-13(10-16)18(19)17-14-6-11-5-12(8-14)9-15(17)7-11;;;/h2-4,10-12,14-15,17H,5-9H2,1H3;;;/q;+2;2*-1. The van der Waals surface area contributed by atoms with Crippen LogP contribution in [0, 0.1) is 29.6 Å². The molecule has 4 bridgehead atoms. The van der Waals surface area contributed by atoms with Gasteiger partial charge in [0.2, 0.25) is 0 Å². The second kappa shape index (κ2) is 5.92. The largest absolute Gasteiger partial charge is 2.00 e. The smallest absolute Gasteiger partial charge is 1.00 e. The molecule has 0 atom stereocenters. The number of ether oxygens (including phenoxy) is 1. The van der Waals surface area contributed by atoms with Crippen molar-refractivity contribution in [1.29, 1.82) is 0 Å². The van der Waals surface area contributed by atoms with Crippen LogP contribution >= 0.6 is 0 Å². The Morgan fingerprint density at radius 3 is 2.29 bits per heavy atom. The van der Waals surface area contributed by atoms with Crippen LogP contribution in [0.2, 0.25) is 0 Å². The zero-order valence-corrected chi connectivity index (χ0v) is 14.2. The Morgan fingerprint density at radius 2 is 1.71 bits per heavy atom. The molecule has 5 rings (SSSR count). The molecule has 0 heterocycles. The number of Topliss-reactive ketones (excluding diaryl/α,β-unsaturated/α-hetero) is 1. The monoisotopic (exact) mass is 296 g/mol. The fourth-order valence-corrected chi connectivity index (χ4v) is 5.32. The van der Waals surface area contributed by atoms with Gasteiger partial charge in [-0.1, -0.05) is 12.1 Å². The van der Waals surface area contributed by atoms with Gasteiger partial charge in [0.1, 0.15) is 5.75 Å². The zero-order chi connectivity index (χ0) is 13.7. The van der Waals surface area contributed by atoms with Crippen LogP contribution in [0.1, 0.15) is 45.3 Å². The quantitative estimate of drug-likeness (QED) is 0.626. The summed E-state index contributed by atoms with van der Waals surface area (Å²) in [4.78, 5) is 12.9. The van der Waals surface area contributed by atoms with Gasteiger partial charge in [-0.25, -0.2) is 0 Å². The number of carbonyl (C=O) groups excluding carboxylic acids is 1. The van der Waals surface area contributed by atoms with E-state index in [0.717, 1.165) is 23.1 Å². The van der Waals surface area contributed by atoms with Gasteiger partial charge in [0.05, 0.1) is 7.11 Å². The summed E-state index contributed by atoms with van der Waals surface area (Å²) in [7, 11) is 1.66. The summed E-state index contributed by atoms with van der Waals surface area (Å²) in [5.74, 6) is 4.61. The Hall–Kier alpha value is -0.544. The van der Waals surface area contributed by atoms with E-state index in [-0.39, 0.29) is 31.8 Å². The van der Waals surface area contributed by atoms with Gasteiger partial charge in [-0.2, -0.15) is 0 Å². The maximum atomic E-state index is 12.9. The molecule has 0 aromatic heterocycles. The Kier molecular flexibility index (Phi) is 4.33. The minimum absolute atomic E-state index is 0. The molecule has 21 heavy (non-hydrogen) atoms.